The van der Waals surface area contributed by atoms with Crippen molar-refractivity contribution in [1.29, 1.82) is 0 Å². The van der Waals surface area contributed by atoms with Crippen LogP contribution in [0.3, 0.4) is 0 Å². The van der Waals surface area contributed by atoms with Gasteiger partial charge in [0.1, 0.15) is 0 Å². The molecule has 1 aromatic carbocycles. The van der Waals surface area contributed by atoms with E-state index in [-0.39, 0.29) is 12.5 Å². The summed E-state index contributed by atoms with van der Waals surface area (Å²) in [7, 11) is 1.93. The number of amides is 1. The maximum atomic E-state index is 11.9. The zero-order valence-electron chi connectivity index (χ0n) is 11.2. The molecule has 0 saturated heterocycles. The van der Waals surface area contributed by atoms with Gasteiger partial charge in [0.15, 0.2) is 0 Å². The molecule has 0 heterocycles. The first kappa shape index (κ1) is 14.7. The summed E-state index contributed by atoms with van der Waals surface area (Å²) < 4.78 is 0. The van der Waals surface area contributed by atoms with Crippen LogP contribution in [0.4, 0.5) is 0 Å². The maximum absolute atomic E-state index is 11.9. The first-order chi connectivity index (χ1) is 8.67. The summed E-state index contributed by atoms with van der Waals surface area (Å²) in [6.45, 7) is 4.12. The van der Waals surface area contributed by atoms with Crippen LogP contribution >= 0.6 is 0 Å². The van der Waals surface area contributed by atoms with Gasteiger partial charge in [-0.05, 0) is 19.5 Å². The fraction of sp³-hybridized carbons (Fsp3) is 0.500. The lowest BCUT2D eigenvalue weighted by Crippen LogP contribution is -2.40. The van der Waals surface area contributed by atoms with Crippen LogP contribution in [-0.2, 0) is 11.3 Å². The van der Waals surface area contributed by atoms with Gasteiger partial charge in [-0.15, -0.1) is 0 Å². The Balaban J connectivity index is 2.44. The summed E-state index contributed by atoms with van der Waals surface area (Å²) >= 11 is 0. The lowest BCUT2D eigenvalue weighted by molar-refractivity contribution is -0.132. The molecular formula is C14H22N2O2. The SMILES string of the molecule is CCN(CCO)C(=O)CN(C)Cc1ccccc1. The average Bonchev–Trinajstić information content (AvgIpc) is 2.36. The number of hydrogen-bond acceptors (Lipinski definition) is 3. The highest BCUT2D eigenvalue weighted by atomic mass is 16.3. The third-order valence-electron chi connectivity index (χ3n) is 2.80. The molecule has 0 atom stereocenters. The molecule has 0 aliphatic carbocycles. The van der Waals surface area contributed by atoms with Crippen molar-refractivity contribution in [3.8, 4) is 0 Å². The van der Waals surface area contributed by atoms with Crippen LogP contribution in [0, 0.1) is 0 Å². The highest BCUT2D eigenvalue weighted by Gasteiger charge is 2.13. The molecule has 4 nitrogen and oxygen atoms in total. The van der Waals surface area contributed by atoms with Crippen LogP contribution in [0.5, 0.6) is 0 Å². The minimum absolute atomic E-state index is 0.0159. The van der Waals surface area contributed by atoms with Crippen LogP contribution in [0.1, 0.15) is 12.5 Å². The van der Waals surface area contributed by atoms with Crippen molar-refractivity contribution in [1.82, 2.24) is 9.80 Å². The Morgan fingerprint density at radius 2 is 1.94 bits per heavy atom. The molecular weight excluding hydrogens is 228 g/mol. The fourth-order valence-corrected chi connectivity index (χ4v) is 1.86. The Morgan fingerprint density at radius 3 is 2.50 bits per heavy atom. The van der Waals surface area contributed by atoms with Gasteiger partial charge in [-0.1, -0.05) is 30.3 Å². The molecule has 0 saturated carbocycles. The van der Waals surface area contributed by atoms with Gasteiger partial charge in [0.2, 0.25) is 5.91 Å². The van der Waals surface area contributed by atoms with Crippen molar-refractivity contribution in [2.45, 2.75) is 13.5 Å². The van der Waals surface area contributed by atoms with E-state index in [9.17, 15) is 4.79 Å². The largest absolute Gasteiger partial charge is 0.395 e. The summed E-state index contributed by atoms with van der Waals surface area (Å²) in [6.07, 6.45) is 0. The topological polar surface area (TPSA) is 43.8 Å². The smallest absolute Gasteiger partial charge is 0.236 e. The number of benzene rings is 1. The monoisotopic (exact) mass is 250 g/mol. The predicted molar refractivity (Wildman–Crippen MR) is 72.1 cm³/mol. The second kappa shape index (κ2) is 7.84. The van der Waals surface area contributed by atoms with Crippen molar-refractivity contribution in [2.75, 3.05) is 33.3 Å². The summed E-state index contributed by atoms with van der Waals surface area (Å²) in [4.78, 5) is 15.6. The molecule has 0 aliphatic heterocycles. The highest BCUT2D eigenvalue weighted by Crippen LogP contribution is 2.03. The van der Waals surface area contributed by atoms with Crippen molar-refractivity contribution in [2.24, 2.45) is 0 Å². The molecule has 4 heteroatoms. The summed E-state index contributed by atoms with van der Waals surface area (Å²) in [5, 5.41) is 8.88. The molecule has 0 fully saturated rings. The fourth-order valence-electron chi connectivity index (χ4n) is 1.86. The lowest BCUT2D eigenvalue weighted by Gasteiger charge is -2.23. The van der Waals surface area contributed by atoms with E-state index < -0.39 is 0 Å². The molecule has 0 unspecified atom stereocenters. The number of aliphatic hydroxyl groups excluding tert-OH is 1. The Labute approximate surface area is 109 Å². The molecule has 1 rings (SSSR count). The van der Waals surface area contributed by atoms with Crippen molar-refractivity contribution < 1.29 is 9.90 Å². The zero-order valence-corrected chi connectivity index (χ0v) is 11.2. The third-order valence-corrected chi connectivity index (χ3v) is 2.80. The highest BCUT2D eigenvalue weighted by molar-refractivity contribution is 5.78. The zero-order chi connectivity index (χ0) is 13.4. The summed E-state index contributed by atoms with van der Waals surface area (Å²) in [6, 6.07) is 10.1. The average molecular weight is 250 g/mol. The van der Waals surface area contributed by atoms with Gasteiger partial charge in [0.05, 0.1) is 13.2 Å². The Bertz CT molecular complexity index is 354. The van der Waals surface area contributed by atoms with Gasteiger partial charge in [0, 0.05) is 19.6 Å². The molecule has 18 heavy (non-hydrogen) atoms. The van der Waals surface area contributed by atoms with E-state index in [1.807, 2.05) is 49.2 Å². The van der Waals surface area contributed by atoms with E-state index >= 15 is 0 Å². The van der Waals surface area contributed by atoms with Gasteiger partial charge in [-0.3, -0.25) is 9.69 Å². The Morgan fingerprint density at radius 1 is 1.28 bits per heavy atom. The van der Waals surface area contributed by atoms with Gasteiger partial charge in [-0.25, -0.2) is 0 Å². The normalized spacial score (nSPS) is 10.7. The molecule has 1 amide bonds. The van der Waals surface area contributed by atoms with Crippen molar-refractivity contribution >= 4 is 5.91 Å². The number of hydrogen-bond donors (Lipinski definition) is 1. The maximum Gasteiger partial charge on any atom is 0.236 e. The van der Waals surface area contributed by atoms with Crippen LogP contribution in [0.2, 0.25) is 0 Å². The Hall–Kier alpha value is -1.39. The van der Waals surface area contributed by atoms with E-state index in [0.29, 0.717) is 19.6 Å². The molecule has 1 aromatic rings. The van der Waals surface area contributed by atoms with Gasteiger partial charge < -0.3 is 10.0 Å². The predicted octanol–water partition coefficient (Wildman–Crippen LogP) is 0.959. The summed E-state index contributed by atoms with van der Waals surface area (Å²) in [5.41, 5.74) is 1.19. The quantitative estimate of drug-likeness (QED) is 0.784. The molecule has 0 spiro atoms. The molecule has 0 aliphatic rings. The van der Waals surface area contributed by atoms with Crippen LogP contribution in [0.15, 0.2) is 30.3 Å². The van der Waals surface area contributed by atoms with E-state index in [0.717, 1.165) is 6.54 Å². The minimum atomic E-state index is 0.0159. The van der Waals surface area contributed by atoms with Gasteiger partial charge in [0.25, 0.3) is 0 Å². The number of carbonyl (C=O) groups excluding carboxylic acids is 1. The second-order valence-corrected chi connectivity index (χ2v) is 4.35. The molecule has 0 radical (unpaired) electrons. The number of carbonyl (C=O) groups is 1. The van der Waals surface area contributed by atoms with E-state index in [1.165, 1.54) is 5.56 Å². The first-order valence-electron chi connectivity index (χ1n) is 6.28. The number of likely N-dealkylation sites (N-methyl/N-ethyl adjacent to an activating group) is 2. The minimum Gasteiger partial charge on any atom is -0.395 e. The number of nitrogens with zero attached hydrogens (tertiary/aromatic N) is 2. The first-order valence-corrected chi connectivity index (χ1v) is 6.28. The van der Waals surface area contributed by atoms with Crippen molar-refractivity contribution in [3.05, 3.63) is 35.9 Å². The van der Waals surface area contributed by atoms with Gasteiger partial charge >= 0.3 is 0 Å². The van der Waals surface area contributed by atoms with E-state index in [1.54, 1.807) is 4.90 Å². The Kier molecular flexibility index (Phi) is 6.39. The van der Waals surface area contributed by atoms with Crippen LogP contribution < -0.4 is 0 Å². The molecule has 0 aromatic heterocycles. The molecule has 100 valence electrons. The lowest BCUT2D eigenvalue weighted by atomic mass is 10.2. The second-order valence-electron chi connectivity index (χ2n) is 4.35. The third kappa shape index (κ3) is 4.85. The van der Waals surface area contributed by atoms with E-state index in [2.05, 4.69) is 0 Å². The summed E-state index contributed by atoms with van der Waals surface area (Å²) in [5.74, 6) is 0.0602. The molecule has 1 N–H and O–H groups in total. The number of aliphatic hydroxyl groups is 1. The number of rotatable bonds is 7. The van der Waals surface area contributed by atoms with Crippen LogP contribution in [0.25, 0.3) is 0 Å². The molecule has 0 bridgehead atoms. The van der Waals surface area contributed by atoms with Gasteiger partial charge in [-0.2, -0.15) is 0 Å². The van der Waals surface area contributed by atoms with Crippen LogP contribution in [-0.4, -0.2) is 54.1 Å². The van der Waals surface area contributed by atoms with Crippen molar-refractivity contribution in [3.63, 3.8) is 0 Å². The standard InChI is InChI=1S/C14H22N2O2/c1-3-16(9-10-17)14(18)12-15(2)11-13-7-5-4-6-8-13/h4-8,17H,3,9-12H2,1-2H3. The van der Waals surface area contributed by atoms with E-state index in [4.69, 9.17) is 5.11 Å².